The predicted octanol–water partition coefficient (Wildman–Crippen LogP) is 2.89. The van der Waals surface area contributed by atoms with E-state index in [4.69, 9.17) is 37.8 Å². The molecule has 122 valence electrons. The second kappa shape index (κ2) is 8.62. The van der Waals surface area contributed by atoms with Gasteiger partial charge in [-0.05, 0) is 48.5 Å². The van der Waals surface area contributed by atoms with Gasteiger partial charge in [-0.1, -0.05) is 23.2 Å². The second-order valence-corrected chi connectivity index (χ2v) is 5.36. The van der Waals surface area contributed by atoms with Crippen molar-refractivity contribution in [1.29, 1.82) is 0 Å². The van der Waals surface area contributed by atoms with Crippen molar-refractivity contribution in [3.63, 3.8) is 0 Å². The molecule has 2 aromatic rings. The molecule has 0 aliphatic carbocycles. The SMILES string of the molecule is O=C(NCCO)C(Oc1ccc(Cl)cc1)Oc1ccc(Cl)cc1. The maximum Gasteiger partial charge on any atom is 0.321 e. The number of hydrogen-bond donors (Lipinski definition) is 2. The molecule has 2 aromatic carbocycles. The Kier molecular flexibility index (Phi) is 6.52. The van der Waals surface area contributed by atoms with Gasteiger partial charge in [0.05, 0.1) is 6.61 Å². The third-order valence-corrected chi connectivity index (χ3v) is 3.24. The standard InChI is InChI=1S/C16H15Cl2NO4/c17-11-1-5-13(6-2-11)22-16(15(21)19-9-10-20)23-14-7-3-12(18)4-8-14/h1-8,16,20H,9-10H2,(H,19,21). The first-order valence-corrected chi connectivity index (χ1v) is 7.57. The minimum Gasteiger partial charge on any atom is -0.446 e. The van der Waals surface area contributed by atoms with E-state index in [1.54, 1.807) is 48.5 Å². The van der Waals surface area contributed by atoms with Crippen molar-refractivity contribution in [3.8, 4) is 11.5 Å². The van der Waals surface area contributed by atoms with Crippen molar-refractivity contribution in [2.75, 3.05) is 13.2 Å². The molecule has 0 radical (unpaired) electrons. The van der Waals surface area contributed by atoms with Crippen LogP contribution >= 0.6 is 23.2 Å². The molecule has 0 atom stereocenters. The Morgan fingerprint density at radius 3 is 1.78 bits per heavy atom. The molecule has 0 unspecified atom stereocenters. The Morgan fingerprint density at radius 1 is 0.957 bits per heavy atom. The van der Waals surface area contributed by atoms with Crippen LogP contribution in [0.3, 0.4) is 0 Å². The number of ether oxygens (including phenoxy) is 2. The highest BCUT2D eigenvalue weighted by atomic mass is 35.5. The van der Waals surface area contributed by atoms with E-state index in [0.717, 1.165) is 0 Å². The Morgan fingerprint density at radius 2 is 1.39 bits per heavy atom. The predicted molar refractivity (Wildman–Crippen MR) is 88.0 cm³/mol. The van der Waals surface area contributed by atoms with Crippen LogP contribution in [-0.2, 0) is 4.79 Å². The molecular formula is C16H15Cl2NO4. The Hall–Kier alpha value is -1.95. The molecular weight excluding hydrogens is 341 g/mol. The van der Waals surface area contributed by atoms with Crippen LogP contribution < -0.4 is 14.8 Å². The Balaban J connectivity index is 2.11. The van der Waals surface area contributed by atoms with Crippen LogP contribution in [0.4, 0.5) is 0 Å². The maximum atomic E-state index is 12.1. The van der Waals surface area contributed by atoms with E-state index in [-0.39, 0.29) is 13.2 Å². The normalized spacial score (nSPS) is 10.4. The summed E-state index contributed by atoms with van der Waals surface area (Å²) in [6, 6.07) is 13.1. The van der Waals surface area contributed by atoms with Crippen LogP contribution in [0, 0.1) is 0 Å². The van der Waals surface area contributed by atoms with Crippen LogP contribution in [-0.4, -0.2) is 30.5 Å². The Labute approximate surface area is 143 Å². The molecule has 2 N–H and O–H groups in total. The van der Waals surface area contributed by atoms with Crippen LogP contribution in [0.15, 0.2) is 48.5 Å². The first-order chi connectivity index (χ1) is 11.1. The largest absolute Gasteiger partial charge is 0.446 e. The molecule has 23 heavy (non-hydrogen) atoms. The van der Waals surface area contributed by atoms with Gasteiger partial charge in [0.15, 0.2) is 0 Å². The number of carbonyl (C=O) groups is 1. The number of rotatable bonds is 7. The summed E-state index contributed by atoms with van der Waals surface area (Å²) in [5.41, 5.74) is 0. The lowest BCUT2D eigenvalue weighted by atomic mass is 10.3. The van der Waals surface area contributed by atoms with Crippen molar-refractivity contribution in [1.82, 2.24) is 5.32 Å². The summed E-state index contributed by atoms with van der Waals surface area (Å²) in [6.07, 6.45) is -1.22. The quantitative estimate of drug-likeness (QED) is 0.749. The molecule has 0 bridgehead atoms. The number of carbonyl (C=O) groups excluding carboxylic acids is 1. The third-order valence-electron chi connectivity index (χ3n) is 2.74. The fourth-order valence-electron chi connectivity index (χ4n) is 1.67. The van der Waals surface area contributed by atoms with E-state index < -0.39 is 12.2 Å². The monoisotopic (exact) mass is 355 g/mol. The molecule has 0 saturated heterocycles. The smallest absolute Gasteiger partial charge is 0.321 e. The molecule has 1 amide bonds. The van der Waals surface area contributed by atoms with Crippen molar-refractivity contribution < 1.29 is 19.4 Å². The van der Waals surface area contributed by atoms with Gasteiger partial charge in [-0.2, -0.15) is 0 Å². The number of nitrogens with one attached hydrogen (secondary N) is 1. The van der Waals surface area contributed by atoms with Gasteiger partial charge in [-0.15, -0.1) is 0 Å². The van der Waals surface area contributed by atoms with Gasteiger partial charge in [0.1, 0.15) is 11.5 Å². The van der Waals surface area contributed by atoms with Crippen LogP contribution in [0.25, 0.3) is 0 Å². The molecule has 0 aliphatic rings. The zero-order valence-electron chi connectivity index (χ0n) is 12.0. The second-order valence-electron chi connectivity index (χ2n) is 4.49. The van der Waals surface area contributed by atoms with Crippen molar-refractivity contribution in [2.45, 2.75) is 6.29 Å². The summed E-state index contributed by atoms with van der Waals surface area (Å²) < 4.78 is 11.1. The van der Waals surface area contributed by atoms with E-state index in [2.05, 4.69) is 5.32 Å². The molecule has 0 aromatic heterocycles. The number of hydrogen-bond acceptors (Lipinski definition) is 4. The van der Waals surface area contributed by atoms with E-state index in [9.17, 15) is 4.79 Å². The first kappa shape index (κ1) is 17.4. The average Bonchev–Trinajstić information content (AvgIpc) is 2.56. The van der Waals surface area contributed by atoms with Gasteiger partial charge < -0.3 is 19.9 Å². The maximum absolute atomic E-state index is 12.1. The molecule has 0 saturated carbocycles. The van der Waals surface area contributed by atoms with Crippen molar-refractivity contribution in [2.24, 2.45) is 0 Å². The number of aliphatic hydroxyl groups excluding tert-OH is 1. The topological polar surface area (TPSA) is 67.8 Å². The summed E-state index contributed by atoms with van der Waals surface area (Å²) in [7, 11) is 0. The van der Waals surface area contributed by atoms with Crippen molar-refractivity contribution >= 4 is 29.1 Å². The lowest BCUT2D eigenvalue weighted by Gasteiger charge is -2.19. The van der Waals surface area contributed by atoms with E-state index in [0.29, 0.717) is 21.5 Å². The minimum absolute atomic E-state index is 0.100. The molecule has 7 heteroatoms. The molecule has 2 rings (SSSR count). The lowest BCUT2D eigenvalue weighted by molar-refractivity contribution is -0.140. The van der Waals surface area contributed by atoms with Gasteiger partial charge in [0.25, 0.3) is 0 Å². The molecule has 0 spiro atoms. The average molecular weight is 356 g/mol. The zero-order chi connectivity index (χ0) is 16.7. The number of benzene rings is 2. The van der Waals surface area contributed by atoms with Gasteiger partial charge in [0, 0.05) is 16.6 Å². The Bertz CT molecular complexity index is 584. The summed E-state index contributed by atoms with van der Waals surface area (Å²) >= 11 is 11.6. The highest BCUT2D eigenvalue weighted by molar-refractivity contribution is 6.30. The number of aliphatic hydroxyl groups is 1. The van der Waals surface area contributed by atoms with Crippen LogP contribution in [0.2, 0.25) is 10.0 Å². The lowest BCUT2D eigenvalue weighted by Crippen LogP contribution is -2.43. The van der Waals surface area contributed by atoms with E-state index in [1.807, 2.05) is 0 Å². The van der Waals surface area contributed by atoms with E-state index in [1.165, 1.54) is 0 Å². The number of amides is 1. The fraction of sp³-hybridized carbons (Fsp3) is 0.188. The molecule has 0 fully saturated rings. The zero-order valence-corrected chi connectivity index (χ0v) is 13.6. The number of halogens is 2. The van der Waals surface area contributed by atoms with Crippen LogP contribution in [0.1, 0.15) is 0 Å². The summed E-state index contributed by atoms with van der Waals surface area (Å²) in [5, 5.41) is 12.4. The van der Waals surface area contributed by atoms with Gasteiger partial charge in [-0.25, -0.2) is 0 Å². The molecule has 0 aliphatic heterocycles. The summed E-state index contributed by atoms with van der Waals surface area (Å²) in [6.45, 7) is -0.0797. The molecule has 0 heterocycles. The fourth-order valence-corrected chi connectivity index (χ4v) is 1.92. The summed E-state index contributed by atoms with van der Waals surface area (Å²) in [4.78, 5) is 12.1. The molecule has 5 nitrogen and oxygen atoms in total. The minimum atomic E-state index is -1.22. The highest BCUT2D eigenvalue weighted by Gasteiger charge is 2.22. The van der Waals surface area contributed by atoms with E-state index >= 15 is 0 Å². The van der Waals surface area contributed by atoms with Crippen molar-refractivity contribution in [3.05, 3.63) is 58.6 Å². The van der Waals surface area contributed by atoms with Gasteiger partial charge >= 0.3 is 12.2 Å². The first-order valence-electron chi connectivity index (χ1n) is 6.81. The van der Waals surface area contributed by atoms with Gasteiger partial charge in [0.2, 0.25) is 0 Å². The highest BCUT2D eigenvalue weighted by Crippen LogP contribution is 2.20. The van der Waals surface area contributed by atoms with Gasteiger partial charge in [-0.3, -0.25) is 4.79 Å². The van der Waals surface area contributed by atoms with Crippen LogP contribution in [0.5, 0.6) is 11.5 Å². The summed E-state index contributed by atoms with van der Waals surface area (Å²) in [5.74, 6) is 0.337. The third kappa shape index (κ3) is 5.63.